The van der Waals surface area contributed by atoms with Crippen molar-refractivity contribution in [2.75, 3.05) is 0 Å². The molecule has 0 amide bonds. The second-order valence-electron chi connectivity index (χ2n) is 6.62. The van der Waals surface area contributed by atoms with Crippen LogP contribution in [0.1, 0.15) is 44.3 Å². The van der Waals surface area contributed by atoms with Crippen LogP contribution in [0.3, 0.4) is 0 Å². The highest BCUT2D eigenvalue weighted by Gasteiger charge is 2.40. The first-order chi connectivity index (χ1) is 22.6. The van der Waals surface area contributed by atoms with E-state index in [1.165, 1.54) is 0 Å². The molecule has 0 bridgehead atoms. The van der Waals surface area contributed by atoms with Gasteiger partial charge in [-0.2, -0.15) is 21.0 Å². The summed E-state index contributed by atoms with van der Waals surface area (Å²) in [6.45, 7) is 15.2. The molecule has 3 aromatic carbocycles. The first-order valence-corrected chi connectivity index (χ1v) is 9.54. The van der Waals surface area contributed by atoms with Gasteiger partial charge >= 0.3 is 0 Å². The smallest absolute Gasteiger partial charge is 0.202 e. The van der Waals surface area contributed by atoms with E-state index in [0.29, 0.717) is 0 Å². The molecule has 0 N–H and O–H groups in total. The SMILES string of the molecule is [2H]c1c([2H])c(/C(C#N)=C2/C(=C(/[N+]#[C-])c3c([2H])c([2H])c(C#N)c([2H])c3[2H])/C2=C(/C#N)c2c([2H])c([2H])c([N+]#[C-])c([2H])c2[2H])c([2H])c([2H])c1C#N. The lowest BCUT2D eigenvalue weighted by Crippen LogP contribution is -1.84. The van der Waals surface area contributed by atoms with Crippen LogP contribution in [0, 0.1) is 58.5 Å². The molecule has 1 fully saturated rings. The quantitative estimate of drug-likeness (QED) is 0.320. The summed E-state index contributed by atoms with van der Waals surface area (Å²) in [5.74, 6) is 0. The molecule has 4 rings (SSSR count). The predicted octanol–water partition coefficient (Wildman–Crippen LogP) is 6.58. The Hall–Kier alpha value is -6.18. The fourth-order valence-electron chi connectivity index (χ4n) is 3.10. The Kier molecular flexibility index (Phi) is 3.34. The van der Waals surface area contributed by atoms with E-state index in [1.54, 1.807) is 24.3 Å². The number of hydrogen-bond donors (Lipinski definition) is 0. The van der Waals surface area contributed by atoms with Crippen molar-refractivity contribution in [3.63, 3.8) is 0 Å². The summed E-state index contributed by atoms with van der Waals surface area (Å²) < 4.78 is 100. The standard InChI is InChI=1S/C30H12N6/c1-35-24-13-11-22(12-14-24)26(18-34)28-27(25(17-33)21-7-3-19(15-31)4-8-21)29(28)30(36-2)23-9-5-20(16-32)6-10-23/h3-14H/b27-25+,28-26-,30-29-/i3D,4D,5D,6D,7D,8D,9D,10D,11D,12D,13D,14D. The zero-order chi connectivity index (χ0) is 36.1. The predicted molar refractivity (Wildman–Crippen MR) is 134 cm³/mol. The minimum Gasteiger partial charge on any atom is -0.238 e. The number of nitrogens with zero attached hydrogens (tertiary/aromatic N) is 6. The Labute approximate surface area is 224 Å². The Morgan fingerprint density at radius 3 is 1.39 bits per heavy atom. The highest BCUT2D eigenvalue weighted by atomic mass is 14.7. The Balaban J connectivity index is 2.38. The third-order valence-corrected chi connectivity index (χ3v) is 4.69. The van der Waals surface area contributed by atoms with Crippen LogP contribution in [0.15, 0.2) is 89.2 Å². The van der Waals surface area contributed by atoms with Crippen molar-refractivity contribution >= 4 is 22.5 Å². The molecule has 0 atom stereocenters. The molecule has 0 unspecified atom stereocenters. The molecule has 0 radical (unpaired) electrons. The van der Waals surface area contributed by atoms with Crippen molar-refractivity contribution in [2.45, 2.75) is 0 Å². The summed E-state index contributed by atoms with van der Waals surface area (Å²) in [7, 11) is 0. The molecule has 0 heterocycles. The maximum absolute atomic E-state index is 10.4. The van der Waals surface area contributed by atoms with Crippen LogP contribution in [0.25, 0.3) is 26.5 Å². The van der Waals surface area contributed by atoms with E-state index < -0.39 is 140 Å². The molecule has 0 aliphatic heterocycles. The summed E-state index contributed by atoms with van der Waals surface area (Å²) >= 11 is 0. The van der Waals surface area contributed by atoms with Gasteiger partial charge < -0.3 is 0 Å². The van der Waals surface area contributed by atoms with Crippen LogP contribution in [-0.2, 0) is 0 Å². The maximum Gasteiger partial charge on any atom is 0.202 e. The zero-order valence-electron chi connectivity index (χ0n) is 29.7. The van der Waals surface area contributed by atoms with Crippen molar-refractivity contribution in [2.24, 2.45) is 0 Å². The van der Waals surface area contributed by atoms with Gasteiger partial charge in [-0.3, -0.25) is 0 Å². The minimum atomic E-state index is -0.863. The fraction of sp³-hybridized carbons (Fsp3) is 0. The van der Waals surface area contributed by atoms with Gasteiger partial charge in [0.05, 0.1) is 61.3 Å². The minimum absolute atomic E-state index is 0.446. The molecule has 1 aliphatic rings. The number of hydrogen-bond acceptors (Lipinski definition) is 4. The van der Waals surface area contributed by atoms with Gasteiger partial charge in [0, 0.05) is 2.74 Å². The molecule has 0 aromatic heterocycles. The van der Waals surface area contributed by atoms with Gasteiger partial charge in [-0.25, -0.2) is 9.69 Å². The molecule has 1 saturated carbocycles. The lowest BCUT2D eigenvalue weighted by molar-refractivity contribution is 1.47. The summed E-state index contributed by atoms with van der Waals surface area (Å²) in [4.78, 5) is 6.35. The van der Waals surface area contributed by atoms with E-state index in [0.717, 1.165) is 0 Å². The molecule has 1 aliphatic carbocycles. The number of allylic oxidation sites excluding steroid dienone is 5. The molecule has 6 heteroatoms. The largest absolute Gasteiger partial charge is 0.238 e. The monoisotopic (exact) mass is 468 g/mol. The summed E-state index contributed by atoms with van der Waals surface area (Å²) in [6, 6.07) is -3.61. The number of benzene rings is 3. The molecule has 162 valence electrons. The van der Waals surface area contributed by atoms with Crippen molar-refractivity contribution in [3.8, 4) is 24.3 Å². The molecule has 0 spiro atoms. The van der Waals surface area contributed by atoms with Gasteiger partial charge in [-0.15, -0.1) is 0 Å². The summed E-state index contributed by atoms with van der Waals surface area (Å²) in [6.07, 6.45) is 0. The molecular weight excluding hydrogens is 444 g/mol. The van der Waals surface area contributed by atoms with E-state index in [2.05, 4.69) is 9.69 Å². The van der Waals surface area contributed by atoms with Gasteiger partial charge in [0.15, 0.2) is 5.69 Å². The van der Waals surface area contributed by atoms with Crippen LogP contribution in [-0.4, -0.2) is 0 Å². The third-order valence-electron chi connectivity index (χ3n) is 4.69. The number of nitriles is 4. The van der Waals surface area contributed by atoms with Crippen LogP contribution >= 0.6 is 0 Å². The van der Waals surface area contributed by atoms with Crippen molar-refractivity contribution < 1.29 is 16.4 Å². The van der Waals surface area contributed by atoms with Gasteiger partial charge in [0.1, 0.15) is 12.1 Å². The van der Waals surface area contributed by atoms with Crippen molar-refractivity contribution in [1.82, 2.24) is 0 Å². The highest BCUT2D eigenvalue weighted by molar-refractivity contribution is 6.11. The van der Waals surface area contributed by atoms with Crippen LogP contribution in [0.4, 0.5) is 5.69 Å². The summed E-state index contributed by atoms with van der Waals surface area (Å²) in [5.41, 5.74) is -7.47. The molecule has 3 aromatic rings. The van der Waals surface area contributed by atoms with Crippen LogP contribution in [0.2, 0.25) is 0 Å². The normalized spacial score (nSPS) is 20.2. The van der Waals surface area contributed by atoms with Gasteiger partial charge in [-0.05, 0) is 57.6 Å². The van der Waals surface area contributed by atoms with E-state index in [1.807, 2.05) is 0 Å². The van der Waals surface area contributed by atoms with Gasteiger partial charge in [0.2, 0.25) is 5.70 Å². The lowest BCUT2D eigenvalue weighted by atomic mass is 10.0. The van der Waals surface area contributed by atoms with Gasteiger partial charge in [0.25, 0.3) is 0 Å². The molecule has 0 saturated heterocycles. The van der Waals surface area contributed by atoms with Crippen LogP contribution in [0.5, 0.6) is 0 Å². The third kappa shape index (κ3) is 4.11. The second-order valence-corrected chi connectivity index (χ2v) is 6.62. The molecule has 36 heavy (non-hydrogen) atoms. The van der Waals surface area contributed by atoms with E-state index in [-0.39, 0.29) is 0 Å². The maximum atomic E-state index is 10.4. The van der Waals surface area contributed by atoms with Crippen molar-refractivity contribution in [3.05, 3.63) is 140 Å². The van der Waals surface area contributed by atoms with Crippen molar-refractivity contribution in [1.29, 1.82) is 21.0 Å². The molecular formula is C30H12N6. The second kappa shape index (κ2) is 9.75. The number of rotatable bonds is 3. The Bertz CT molecular complexity index is 2070. The Morgan fingerprint density at radius 2 is 1.03 bits per heavy atom. The zero-order valence-corrected chi connectivity index (χ0v) is 17.7. The summed E-state index contributed by atoms with van der Waals surface area (Å²) in [5, 5.41) is 39.5. The first kappa shape index (κ1) is 12.3. The topological polar surface area (TPSA) is 104 Å². The highest BCUT2D eigenvalue weighted by Crippen LogP contribution is 2.56. The fourth-order valence-corrected chi connectivity index (χ4v) is 3.10. The first-order valence-electron chi connectivity index (χ1n) is 15.5. The molecule has 6 nitrogen and oxygen atoms in total. The van der Waals surface area contributed by atoms with E-state index in [9.17, 15) is 21.0 Å². The Morgan fingerprint density at radius 1 is 0.611 bits per heavy atom. The van der Waals surface area contributed by atoms with Gasteiger partial charge in [-0.1, -0.05) is 48.3 Å². The average molecular weight is 469 g/mol. The van der Waals surface area contributed by atoms with Crippen LogP contribution < -0.4 is 0 Å². The van der Waals surface area contributed by atoms with E-state index in [4.69, 9.17) is 29.6 Å². The van der Waals surface area contributed by atoms with E-state index >= 15 is 0 Å². The lowest BCUT2D eigenvalue weighted by Gasteiger charge is -1.99. The average Bonchev–Trinajstić information content (AvgIpc) is 3.78.